The Morgan fingerprint density at radius 2 is 2.13 bits per heavy atom. The molecular weight excluding hydrogens is 210 g/mol. The molecule has 0 amide bonds. The summed E-state index contributed by atoms with van der Waals surface area (Å²) in [6, 6.07) is 5.53. The van der Waals surface area contributed by atoms with Crippen LogP contribution in [0, 0.1) is 0 Å². The van der Waals surface area contributed by atoms with E-state index in [4.69, 9.17) is 11.6 Å². The van der Waals surface area contributed by atoms with Crippen LogP contribution in [-0.4, -0.2) is 9.67 Å². The second kappa shape index (κ2) is 2.92. The van der Waals surface area contributed by atoms with Crippen LogP contribution in [0.2, 0.25) is 5.02 Å². The zero-order valence-electron chi connectivity index (χ0n) is 8.50. The average molecular weight is 222 g/mol. The monoisotopic (exact) mass is 221 g/mol. The van der Waals surface area contributed by atoms with Crippen LogP contribution in [0.4, 0.5) is 0 Å². The zero-order chi connectivity index (χ0) is 10.6. The Hall–Kier alpha value is -1.15. The van der Waals surface area contributed by atoms with Gasteiger partial charge in [-0.15, -0.1) is 0 Å². The maximum absolute atomic E-state index is 9.79. The molecule has 1 N–H and O–H groups in total. The van der Waals surface area contributed by atoms with Crippen molar-refractivity contribution in [3.63, 3.8) is 0 Å². The fraction of sp³-hybridized carbons (Fsp3) is 0.333. The molecule has 0 radical (unpaired) electrons. The van der Waals surface area contributed by atoms with Gasteiger partial charge in [0.1, 0.15) is 5.75 Å². The molecule has 2 aromatic rings. The van der Waals surface area contributed by atoms with Crippen LogP contribution in [0.5, 0.6) is 5.75 Å². The zero-order valence-corrected chi connectivity index (χ0v) is 9.25. The Morgan fingerprint density at radius 1 is 1.40 bits per heavy atom. The molecule has 0 spiro atoms. The summed E-state index contributed by atoms with van der Waals surface area (Å²) in [7, 11) is 2.02. The highest BCUT2D eigenvalue weighted by molar-refractivity contribution is 6.37. The first-order valence-corrected chi connectivity index (χ1v) is 5.53. The second-order valence-electron chi connectivity index (χ2n) is 4.20. The molecule has 15 heavy (non-hydrogen) atoms. The van der Waals surface area contributed by atoms with Gasteiger partial charge in [-0.3, -0.25) is 0 Å². The molecule has 78 valence electrons. The summed E-state index contributed by atoms with van der Waals surface area (Å²) in [5, 5.41) is 11.3. The highest BCUT2D eigenvalue weighted by Crippen LogP contribution is 2.47. The Bertz CT molecular complexity index is 540. The maximum atomic E-state index is 9.79. The van der Waals surface area contributed by atoms with E-state index < -0.39 is 0 Å². The van der Waals surface area contributed by atoms with Gasteiger partial charge < -0.3 is 9.67 Å². The SMILES string of the molecule is Cn1c(C2CC2)c(Cl)c2c(O)cccc21. The van der Waals surface area contributed by atoms with Crippen LogP contribution in [0.1, 0.15) is 24.5 Å². The van der Waals surface area contributed by atoms with Crippen molar-refractivity contribution in [2.45, 2.75) is 18.8 Å². The van der Waals surface area contributed by atoms with Gasteiger partial charge in [-0.2, -0.15) is 0 Å². The number of nitrogens with zero attached hydrogens (tertiary/aromatic N) is 1. The summed E-state index contributed by atoms with van der Waals surface area (Å²) in [4.78, 5) is 0. The Labute approximate surface area is 93.1 Å². The van der Waals surface area contributed by atoms with Crippen molar-refractivity contribution in [1.29, 1.82) is 0 Å². The van der Waals surface area contributed by atoms with Crippen LogP contribution in [0.15, 0.2) is 18.2 Å². The molecule has 1 fully saturated rings. The molecule has 0 aliphatic heterocycles. The third kappa shape index (κ3) is 1.18. The lowest BCUT2D eigenvalue weighted by molar-refractivity contribution is 0.481. The van der Waals surface area contributed by atoms with Gasteiger partial charge in [0.2, 0.25) is 0 Å². The number of aryl methyl sites for hydroxylation is 1. The van der Waals surface area contributed by atoms with Crippen LogP contribution in [-0.2, 0) is 7.05 Å². The van der Waals surface area contributed by atoms with Crippen molar-refractivity contribution in [3.05, 3.63) is 28.9 Å². The van der Waals surface area contributed by atoms with E-state index in [1.54, 1.807) is 6.07 Å². The Morgan fingerprint density at radius 3 is 2.73 bits per heavy atom. The number of hydrogen-bond acceptors (Lipinski definition) is 1. The van der Waals surface area contributed by atoms with Crippen molar-refractivity contribution in [3.8, 4) is 5.75 Å². The van der Waals surface area contributed by atoms with Crippen LogP contribution in [0.3, 0.4) is 0 Å². The number of halogens is 1. The van der Waals surface area contributed by atoms with Gasteiger partial charge in [0, 0.05) is 18.7 Å². The van der Waals surface area contributed by atoms with E-state index >= 15 is 0 Å². The Kier molecular flexibility index (Phi) is 1.77. The van der Waals surface area contributed by atoms with Crippen LogP contribution >= 0.6 is 11.6 Å². The number of aromatic nitrogens is 1. The maximum Gasteiger partial charge on any atom is 0.126 e. The third-order valence-electron chi connectivity index (χ3n) is 3.15. The summed E-state index contributed by atoms with van der Waals surface area (Å²) in [5.74, 6) is 0.870. The van der Waals surface area contributed by atoms with E-state index in [0.29, 0.717) is 5.92 Å². The first-order valence-electron chi connectivity index (χ1n) is 5.16. The molecule has 3 rings (SSSR count). The molecule has 1 aliphatic rings. The predicted molar refractivity (Wildman–Crippen MR) is 61.6 cm³/mol. The third-order valence-corrected chi connectivity index (χ3v) is 3.53. The molecule has 0 atom stereocenters. The molecule has 1 aliphatic carbocycles. The number of phenols is 1. The summed E-state index contributed by atoms with van der Waals surface area (Å²) in [6.07, 6.45) is 2.43. The smallest absolute Gasteiger partial charge is 0.126 e. The van der Waals surface area contributed by atoms with E-state index in [9.17, 15) is 5.11 Å². The van der Waals surface area contributed by atoms with Crippen molar-refractivity contribution in [1.82, 2.24) is 4.57 Å². The van der Waals surface area contributed by atoms with Gasteiger partial charge in [-0.1, -0.05) is 17.7 Å². The molecule has 0 bridgehead atoms. The molecule has 0 saturated heterocycles. The van der Waals surface area contributed by atoms with Gasteiger partial charge in [0.05, 0.1) is 15.9 Å². The number of benzene rings is 1. The van der Waals surface area contributed by atoms with Gasteiger partial charge in [0.25, 0.3) is 0 Å². The molecule has 1 aromatic heterocycles. The molecule has 2 nitrogen and oxygen atoms in total. The average Bonchev–Trinajstić information content (AvgIpc) is 2.98. The first kappa shape index (κ1) is 9.10. The fourth-order valence-electron chi connectivity index (χ4n) is 2.25. The molecular formula is C12H12ClNO. The molecule has 1 heterocycles. The number of rotatable bonds is 1. The van der Waals surface area contributed by atoms with Gasteiger partial charge in [-0.05, 0) is 25.0 Å². The fourth-order valence-corrected chi connectivity index (χ4v) is 2.72. The van der Waals surface area contributed by atoms with Crippen molar-refractivity contribution in [2.24, 2.45) is 7.05 Å². The minimum Gasteiger partial charge on any atom is -0.507 e. The summed E-state index contributed by atoms with van der Waals surface area (Å²) >= 11 is 6.32. The van der Waals surface area contributed by atoms with E-state index in [2.05, 4.69) is 4.57 Å². The molecule has 1 aromatic carbocycles. The van der Waals surface area contributed by atoms with Gasteiger partial charge >= 0.3 is 0 Å². The first-order chi connectivity index (χ1) is 7.20. The van der Waals surface area contributed by atoms with Crippen LogP contribution < -0.4 is 0 Å². The minimum atomic E-state index is 0.278. The highest BCUT2D eigenvalue weighted by Gasteiger charge is 2.30. The summed E-state index contributed by atoms with van der Waals surface area (Å²) < 4.78 is 2.11. The van der Waals surface area contributed by atoms with Crippen LogP contribution in [0.25, 0.3) is 10.9 Å². The second-order valence-corrected chi connectivity index (χ2v) is 4.58. The van der Waals surface area contributed by atoms with E-state index in [1.165, 1.54) is 18.5 Å². The number of aromatic hydroxyl groups is 1. The summed E-state index contributed by atoms with van der Waals surface area (Å²) in [6.45, 7) is 0. The van der Waals surface area contributed by atoms with Crippen molar-refractivity contribution >= 4 is 22.5 Å². The van der Waals surface area contributed by atoms with E-state index in [-0.39, 0.29) is 5.75 Å². The quantitative estimate of drug-likeness (QED) is 0.785. The minimum absolute atomic E-state index is 0.278. The van der Waals surface area contributed by atoms with Crippen molar-refractivity contribution in [2.75, 3.05) is 0 Å². The number of fused-ring (bicyclic) bond motifs is 1. The largest absolute Gasteiger partial charge is 0.507 e. The van der Waals surface area contributed by atoms with E-state index in [1.807, 2.05) is 19.2 Å². The Balaban J connectivity index is 2.42. The lowest BCUT2D eigenvalue weighted by Gasteiger charge is -2.01. The lowest BCUT2D eigenvalue weighted by Crippen LogP contribution is -1.93. The molecule has 1 saturated carbocycles. The van der Waals surface area contributed by atoms with Crippen molar-refractivity contribution < 1.29 is 5.11 Å². The molecule has 0 unspecified atom stereocenters. The predicted octanol–water partition coefficient (Wildman–Crippen LogP) is 3.41. The topological polar surface area (TPSA) is 25.2 Å². The number of hydrogen-bond donors (Lipinski definition) is 1. The van der Waals surface area contributed by atoms with Gasteiger partial charge in [-0.25, -0.2) is 0 Å². The summed E-state index contributed by atoms with van der Waals surface area (Å²) in [5.41, 5.74) is 2.19. The van der Waals surface area contributed by atoms with Gasteiger partial charge in [0.15, 0.2) is 0 Å². The van der Waals surface area contributed by atoms with E-state index in [0.717, 1.165) is 15.9 Å². The molecule has 3 heteroatoms. The lowest BCUT2D eigenvalue weighted by atomic mass is 10.2. The highest BCUT2D eigenvalue weighted by atomic mass is 35.5. The normalized spacial score (nSPS) is 16.1. The standard InChI is InChI=1S/C12H12ClNO/c1-14-8-3-2-4-9(15)10(8)11(13)12(14)7-5-6-7/h2-4,7,15H,5-6H2,1H3. The number of phenolic OH excluding ortho intramolecular Hbond substituents is 1.